The van der Waals surface area contributed by atoms with E-state index in [-0.39, 0.29) is 23.8 Å². The average Bonchev–Trinajstić information content (AvgIpc) is 3.04. The Hall–Kier alpha value is -1.62. The molecular weight excluding hydrogens is 273 g/mol. The summed E-state index contributed by atoms with van der Waals surface area (Å²) < 4.78 is 18.9. The van der Waals surface area contributed by atoms with Crippen LogP contribution in [0.15, 0.2) is 18.2 Å². The highest BCUT2D eigenvalue weighted by atomic mass is 19.1. The predicted octanol–water partition coefficient (Wildman–Crippen LogP) is 2.22. The molecular formula is C16H20FNO3. The fraction of sp³-hybridized carbons (Fsp3) is 0.562. The lowest BCUT2D eigenvalue weighted by molar-refractivity contribution is -0.142. The van der Waals surface area contributed by atoms with Crippen LogP contribution in [0.1, 0.15) is 24.8 Å². The highest BCUT2D eigenvalue weighted by Gasteiger charge is 2.32. The molecule has 0 spiro atoms. The lowest BCUT2D eigenvalue weighted by Crippen LogP contribution is -2.35. The maximum atomic E-state index is 13.1. The van der Waals surface area contributed by atoms with Crippen molar-refractivity contribution in [2.24, 2.45) is 11.8 Å². The minimum absolute atomic E-state index is 0.00600. The molecule has 0 bridgehead atoms. The fourth-order valence-electron chi connectivity index (χ4n) is 3.44. The Morgan fingerprint density at radius 3 is 3.05 bits per heavy atom. The van der Waals surface area contributed by atoms with Crippen molar-refractivity contribution in [2.45, 2.75) is 31.8 Å². The van der Waals surface area contributed by atoms with Gasteiger partial charge in [0.15, 0.2) is 0 Å². The first-order valence-corrected chi connectivity index (χ1v) is 7.52. The number of hydrogen-bond donors (Lipinski definition) is 2. The van der Waals surface area contributed by atoms with Crippen LogP contribution >= 0.6 is 0 Å². The van der Waals surface area contributed by atoms with E-state index in [1.54, 1.807) is 6.07 Å². The van der Waals surface area contributed by atoms with Crippen molar-refractivity contribution in [3.05, 3.63) is 29.6 Å². The van der Waals surface area contributed by atoms with Crippen molar-refractivity contribution < 1.29 is 19.0 Å². The van der Waals surface area contributed by atoms with Gasteiger partial charge in [-0.3, -0.25) is 4.79 Å². The Morgan fingerprint density at radius 1 is 1.38 bits per heavy atom. The predicted molar refractivity (Wildman–Crippen MR) is 75.9 cm³/mol. The third kappa shape index (κ3) is 3.18. The van der Waals surface area contributed by atoms with E-state index in [1.165, 1.54) is 12.1 Å². The molecule has 2 N–H and O–H groups in total. The minimum Gasteiger partial charge on any atom is -0.488 e. The smallest absolute Gasteiger partial charge is 0.306 e. The van der Waals surface area contributed by atoms with Gasteiger partial charge < -0.3 is 15.2 Å². The number of benzene rings is 1. The topological polar surface area (TPSA) is 58.6 Å². The molecule has 21 heavy (non-hydrogen) atoms. The molecule has 2 aliphatic rings. The number of hydrogen-bond acceptors (Lipinski definition) is 3. The number of carbonyl (C=O) groups is 1. The Labute approximate surface area is 123 Å². The van der Waals surface area contributed by atoms with Gasteiger partial charge in [-0.05, 0) is 43.5 Å². The second-order valence-electron chi connectivity index (χ2n) is 5.99. The largest absolute Gasteiger partial charge is 0.488 e. The molecule has 0 radical (unpaired) electrons. The van der Waals surface area contributed by atoms with Gasteiger partial charge in [-0.1, -0.05) is 6.42 Å². The van der Waals surface area contributed by atoms with E-state index in [2.05, 4.69) is 5.32 Å². The van der Waals surface area contributed by atoms with Crippen LogP contribution in [-0.4, -0.2) is 30.3 Å². The second-order valence-corrected chi connectivity index (χ2v) is 5.99. The quantitative estimate of drug-likeness (QED) is 0.874. The van der Waals surface area contributed by atoms with Crippen molar-refractivity contribution >= 4 is 5.97 Å². The van der Waals surface area contributed by atoms with E-state index in [1.807, 2.05) is 0 Å². The SMILES string of the molecule is O=C(O)C1CCCC1CNCC1Cc2cc(F)ccc2O1. The van der Waals surface area contributed by atoms with Crippen molar-refractivity contribution in [1.82, 2.24) is 5.32 Å². The third-order valence-corrected chi connectivity index (χ3v) is 4.52. The van der Waals surface area contributed by atoms with Crippen LogP contribution in [0.3, 0.4) is 0 Å². The summed E-state index contributed by atoms with van der Waals surface area (Å²) in [6.45, 7) is 1.38. The number of carboxylic acids is 1. The van der Waals surface area contributed by atoms with Gasteiger partial charge in [0.1, 0.15) is 17.7 Å². The number of ether oxygens (including phenoxy) is 1. The average molecular weight is 293 g/mol. The molecule has 0 saturated heterocycles. The van der Waals surface area contributed by atoms with Crippen LogP contribution in [0.2, 0.25) is 0 Å². The van der Waals surface area contributed by atoms with Crippen LogP contribution in [0.25, 0.3) is 0 Å². The highest BCUT2D eigenvalue weighted by molar-refractivity contribution is 5.70. The second kappa shape index (κ2) is 6.02. The van der Waals surface area contributed by atoms with E-state index in [0.29, 0.717) is 19.5 Å². The molecule has 1 aromatic rings. The standard InChI is InChI=1S/C16H20FNO3/c17-12-4-5-15-11(6-12)7-13(21-15)9-18-8-10-2-1-3-14(10)16(19)20/h4-6,10,13-14,18H,1-3,7-9H2,(H,19,20). The van der Waals surface area contributed by atoms with E-state index >= 15 is 0 Å². The van der Waals surface area contributed by atoms with Gasteiger partial charge in [-0.15, -0.1) is 0 Å². The molecule has 0 aromatic heterocycles. The molecule has 4 nitrogen and oxygen atoms in total. The maximum Gasteiger partial charge on any atom is 0.306 e. The number of carboxylic acid groups (broad SMARTS) is 1. The lowest BCUT2D eigenvalue weighted by Gasteiger charge is -2.18. The van der Waals surface area contributed by atoms with Crippen LogP contribution in [-0.2, 0) is 11.2 Å². The van der Waals surface area contributed by atoms with Gasteiger partial charge in [0, 0.05) is 18.5 Å². The van der Waals surface area contributed by atoms with Crippen LogP contribution in [0.4, 0.5) is 4.39 Å². The van der Waals surface area contributed by atoms with E-state index < -0.39 is 5.97 Å². The first-order chi connectivity index (χ1) is 10.1. The van der Waals surface area contributed by atoms with Gasteiger partial charge in [-0.25, -0.2) is 4.39 Å². The molecule has 114 valence electrons. The summed E-state index contributed by atoms with van der Waals surface area (Å²) in [6.07, 6.45) is 3.46. The summed E-state index contributed by atoms with van der Waals surface area (Å²) in [7, 11) is 0. The van der Waals surface area contributed by atoms with Gasteiger partial charge in [-0.2, -0.15) is 0 Å². The number of fused-ring (bicyclic) bond motifs is 1. The summed E-state index contributed by atoms with van der Waals surface area (Å²) >= 11 is 0. The van der Waals surface area contributed by atoms with E-state index in [0.717, 1.165) is 30.6 Å². The van der Waals surface area contributed by atoms with Crippen molar-refractivity contribution in [2.75, 3.05) is 13.1 Å². The number of rotatable bonds is 5. The Balaban J connectivity index is 1.46. The monoisotopic (exact) mass is 293 g/mol. The summed E-state index contributed by atoms with van der Waals surface area (Å²) in [5, 5.41) is 12.5. The minimum atomic E-state index is -0.681. The van der Waals surface area contributed by atoms with Crippen LogP contribution in [0.5, 0.6) is 5.75 Å². The van der Waals surface area contributed by atoms with Crippen LogP contribution < -0.4 is 10.1 Å². The summed E-state index contributed by atoms with van der Waals surface area (Å²) in [5.74, 6) is -0.162. The molecule has 1 aliphatic carbocycles. The van der Waals surface area contributed by atoms with Gasteiger partial charge in [0.2, 0.25) is 0 Å². The number of halogens is 1. The van der Waals surface area contributed by atoms with Crippen LogP contribution in [0, 0.1) is 17.7 Å². The molecule has 1 heterocycles. The molecule has 0 amide bonds. The Kier molecular flexibility index (Phi) is 4.10. The summed E-state index contributed by atoms with van der Waals surface area (Å²) in [4.78, 5) is 11.1. The molecule has 5 heteroatoms. The molecule has 3 unspecified atom stereocenters. The highest BCUT2D eigenvalue weighted by Crippen LogP contribution is 2.32. The molecule has 1 aliphatic heterocycles. The Bertz CT molecular complexity index is 534. The molecule has 1 saturated carbocycles. The summed E-state index contributed by atoms with van der Waals surface area (Å²) in [5.41, 5.74) is 0.908. The summed E-state index contributed by atoms with van der Waals surface area (Å²) in [6, 6.07) is 4.60. The molecule has 3 rings (SSSR count). The van der Waals surface area contributed by atoms with E-state index in [9.17, 15) is 9.18 Å². The molecule has 1 fully saturated rings. The number of aliphatic carboxylic acids is 1. The van der Waals surface area contributed by atoms with Crippen molar-refractivity contribution in [3.8, 4) is 5.75 Å². The van der Waals surface area contributed by atoms with Crippen molar-refractivity contribution in [1.29, 1.82) is 0 Å². The third-order valence-electron chi connectivity index (χ3n) is 4.52. The first kappa shape index (κ1) is 14.3. The zero-order valence-corrected chi connectivity index (χ0v) is 11.8. The molecule has 3 atom stereocenters. The fourth-order valence-corrected chi connectivity index (χ4v) is 3.44. The lowest BCUT2D eigenvalue weighted by atomic mass is 9.96. The van der Waals surface area contributed by atoms with Crippen molar-refractivity contribution in [3.63, 3.8) is 0 Å². The number of nitrogens with one attached hydrogen (secondary N) is 1. The van der Waals surface area contributed by atoms with Gasteiger partial charge in [0.25, 0.3) is 0 Å². The van der Waals surface area contributed by atoms with Gasteiger partial charge >= 0.3 is 5.97 Å². The molecule has 1 aromatic carbocycles. The van der Waals surface area contributed by atoms with E-state index in [4.69, 9.17) is 9.84 Å². The first-order valence-electron chi connectivity index (χ1n) is 7.52. The zero-order valence-electron chi connectivity index (χ0n) is 11.8. The Morgan fingerprint density at radius 2 is 2.24 bits per heavy atom. The maximum absolute atomic E-state index is 13.1. The normalized spacial score (nSPS) is 27.4. The zero-order chi connectivity index (χ0) is 14.8. The van der Waals surface area contributed by atoms with Gasteiger partial charge in [0.05, 0.1) is 5.92 Å².